The number of rotatable bonds is 12. The fourth-order valence-corrected chi connectivity index (χ4v) is 3.38. The van der Waals surface area contributed by atoms with Gasteiger partial charge in [-0.3, -0.25) is 0 Å². The summed E-state index contributed by atoms with van der Waals surface area (Å²) in [7, 11) is 8.42. The Morgan fingerprint density at radius 1 is 0.783 bits per heavy atom. The molecule has 4 unspecified atom stereocenters. The largest absolute Gasteiger partial charge is 0.368 e. The number of nitrogens with two attached hydrogens (primary N) is 2. The van der Waals surface area contributed by atoms with Crippen LogP contribution in [0.5, 0.6) is 0 Å². The molecule has 0 aromatic heterocycles. The third-order valence-electron chi connectivity index (χ3n) is 5.11. The summed E-state index contributed by atoms with van der Waals surface area (Å²) in [6.45, 7) is 12.2. The van der Waals surface area contributed by atoms with Crippen LogP contribution in [0.25, 0.3) is 0 Å². The molecule has 4 atom stereocenters. The van der Waals surface area contributed by atoms with Crippen molar-refractivity contribution in [3.05, 3.63) is 0 Å². The van der Waals surface area contributed by atoms with E-state index in [9.17, 15) is 0 Å². The maximum absolute atomic E-state index is 6.82. The second-order valence-corrected chi connectivity index (χ2v) is 8.13. The molecule has 0 fully saturated rings. The molecule has 0 saturated heterocycles. The van der Waals surface area contributed by atoms with Gasteiger partial charge in [0.1, 0.15) is 0 Å². The summed E-state index contributed by atoms with van der Waals surface area (Å²) in [5.74, 6) is 0.786. The standard InChI is InChI=1S/C18H42N4O/c1-15(13-21(5)6)17(3,9-11-19)23-18(4,10-12-20)16(2)14-22(7)8/h15-16H,9-14,19-20H2,1-8H3. The van der Waals surface area contributed by atoms with Crippen molar-refractivity contribution >= 4 is 0 Å². The van der Waals surface area contributed by atoms with E-state index in [1.807, 2.05) is 0 Å². The predicted molar refractivity (Wildman–Crippen MR) is 101 cm³/mol. The molecule has 0 aromatic carbocycles. The van der Waals surface area contributed by atoms with Gasteiger partial charge in [-0.1, -0.05) is 13.8 Å². The second kappa shape index (κ2) is 9.94. The van der Waals surface area contributed by atoms with Gasteiger partial charge in [0.15, 0.2) is 0 Å². The lowest BCUT2D eigenvalue weighted by Gasteiger charge is -2.47. The molecular formula is C18H42N4O. The normalized spacial score (nSPS) is 20.3. The van der Waals surface area contributed by atoms with E-state index in [0.29, 0.717) is 24.9 Å². The van der Waals surface area contributed by atoms with E-state index in [-0.39, 0.29) is 11.2 Å². The minimum absolute atomic E-state index is 0.247. The molecule has 140 valence electrons. The molecule has 5 nitrogen and oxygen atoms in total. The summed E-state index contributed by atoms with van der Waals surface area (Å²) in [4.78, 5) is 4.43. The Kier molecular flexibility index (Phi) is 9.86. The van der Waals surface area contributed by atoms with Crippen molar-refractivity contribution < 1.29 is 4.74 Å². The number of hydrogen-bond acceptors (Lipinski definition) is 5. The molecule has 0 saturated carbocycles. The maximum Gasteiger partial charge on any atom is 0.0711 e. The van der Waals surface area contributed by atoms with Gasteiger partial charge in [-0.2, -0.15) is 0 Å². The van der Waals surface area contributed by atoms with Crippen LogP contribution in [-0.2, 0) is 4.74 Å². The van der Waals surface area contributed by atoms with E-state index in [4.69, 9.17) is 16.2 Å². The van der Waals surface area contributed by atoms with E-state index in [2.05, 4.69) is 65.7 Å². The van der Waals surface area contributed by atoms with Crippen LogP contribution in [0.3, 0.4) is 0 Å². The van der Waals surface area contributed by atoms with Crippen LogP contribution in [0, 0.1) is 11.8 Å². The predicted octanol–water partition coefficient (Wildman–Crippen LogP) is 1.61. The van der Waals surface area contributed by atoms with Crippen molar-refractivity contribution in [1.29, 1.82) is 0 Å². The van der Waals surface area contributed by atoms with Crippen molar-refractivity contribution in [2.24, 2.45) is 23.3 Å². The first-order chi connectivity index (χ1) is 10.5. The number of ether oxygens (including phenoxy) is 1. The van der Waals surface area contributed by atoms with Crippen molar-refractivity contribution in [3.63, 3.8) is 0 Å². The van der Waals surface area contributed by atoms with Crippen molar-refractivity contribution in [2.45, 2.75) is 51.7 Å². The van der Waals surface area contributed by atoms with E-state index in [0.717, 1.165) is 25.9 Å². The fourth-order valence-electron chi connectivity index (χ4n) is 3.38. The molecule has 0 spiro atoms. The summed E-state index contributed by atoms with van der Waals surface area (Å²) in [5, 5.41) is 0. The summed E-state index contributed by atoms with van der Waals surface area (Å²) in [5.41, 5.74) is 11.3. The van der Waals surface area contributed by atoms with Crippen molar-refractivity contribution in [1.82, 2.24) is 9.80 Å². The van der Waals surface area contributed by atoms with Gasteiger partial charge in [-0.25, -0.2) is 0 Å². The zero-order chi connectivity index (χ0) is 18.3. The highest BCUT2D eigenvalue weighted by molar-refractivity contribution is 4.91. The molecule has 0 rings (SSSR count). The monoisotopic (exact) mass is 330 g/mol. The number of hydrogen-bond donors (Lipinski definition) is 2. The summed E-state index contributed by atoms with van der Waals surface area (Å²) < 4.78 is 6.82. The molecule has 0 radical (unpaired) electrons. The smallest absolute Gasteiger partial charge is 0.0711 e. The zero-order valence-corrected chi connectivity index (χ0v) is 16.9. The van der Waals surface area contributed by atoms with E-state index in [1.54, 1.807) is 0 Å². The maximum atomic E-state index is 6.82. The number of nitrogens with zero attached hydrogens (tertiary/aromatic N) is 2. The van der Waals surface area contributed by atoms with Crippen LogP contribution in [-0.4, -0.2) is 75.4 Å². The van der Waals surface area contributed by atoms with E-state index < -0.39 is 0 Å². The van der Waals surface area contributed by atoms with Crippen LogP contribution in [0.15, 0.2) is 0 Å². The molecular weight excluding hydrogens is 288 g/mol. The van der Waals surface area contributed by atoms with Gasteiger partial charge in [0.25, 0.3) is 0 Å². The van der Waals surface area contributed by atoms with Gasteiger partial charge in [0, 0.05) is 13.1 Å². The van der Waals surface area contributed by atoms with Crippen molar-refractivity contribution in [2.75, 3.05) is 54.4 Å². The van der Waals surface area contributed by atoms with Crippen LogP contribution in [0.1, 0.15) is 40.5 Å². The Hall–Kier alpha value is -0.200. The van der Waals surface area contributed by atoms with Gasteiger partial charge in [-0.05, 0) is 79.8 Å². The highest BCUT2D eigenvalue weighted by Crippen LogP contribution is 2.36. The van der Waals surface area contributed by atoms with Crippen LogP contribution in [0.4, 0.5) is 0 Å². The topological polar surface area (TPSA) is 67.7 Å². The SMILES string of the molecule is CC(CN(C)C)C(C)(CCN)OC(C)(CCN)C(C)CN(C)C. The average molecular weight is 331 g/mol. The first kappa shape index (κ1) is 22.8. The van der Waals surface area contributed by atoms with Gasteiger partial charge in [-0.15, -0.1) is 0 Å². The molecule has 5 heteroatoms. The van der Waals surface area contributed by atoms with Gasteiger partial charge < -0.3 is 26.0 Å². The molecule has 23 heavy (non-hydrogen) atoms. The van der Waals surface area contributed by atoms with E-state index in [1.165, 1.54) is 0 Å². The molecule has 0 aromatic rings. The minimum Gasteiger partial charge on any atom is -0.368 e. The van der Waals surface area contributed by atoms with Crippen LogP contribution < -0.4 is 11.5 Å². The molecule has 0 aliphatic carbocycles. The summed E-state index contributed by atoms with van der Waals surface area (Å²) in [6.07, 6.45) is 1.72. The second-order valence-electron chi connectivity index (χ2n) is 8.13. The molecule has 0 heterocycles. The first-order valence-corrected chi connectivity index (χ1v) is 8.90. The summed E-state index contributed by atoms with van der Waals surface area (Å²) >= 11 is 0. The minimum atomic E-state index is -0.247. The lowest BCUT2D eigenvalue weighted by atomic mass is 9.82. The Morgan fingerprint density at radius 2 is 1.09 bits per heavy atom. The third kappa shape index (κ3) is 7.48. The van der Waals surface area contributed by atoms with Crippen LogP contribution >= 0.6 is 0 Å². The fraction of sp³-hybridized carbons (Fsp3) is 1.00. The van der Waals surface area contributed by atoms with Gasteiger partial charge >= 0.3 is 0 Å². The molecule has 0 amide bonds. The van der Waals surface area contributed by atoms with Gasteiger partial charge in [0.05, 0.1) is 11.2 Å². The van der Waals surface area contributed by atoms with Crippen molar-refractivity contribution in [3.8, 4) is 0 Å². The Labute approximate surface area is 144 Å². The molecule has 0 aliphatic heterocycles. The first-order valence-electron chi connectivity index (χ1n) is 8.90. The lowest BCUT2D eigenvalue weighted by Crippen LogP contribution is -2.53. The van der Waals surface area contributed by atoms with Gasteiger partial charge in [0.2, 0.25) is 0 Å². The highest BCUT2D eigenvalue weighted by Gasteiger charge is 2.42. The average Bonchev–Trinajstić information content (AvgIpc) is 2.37. The highest BCUT2D eigenvalue weighted by atomic mass is 16.5. The quantitative estimate of drug-likeness (QED) is 0.569. The summed E-state index contributed by atoms with van der Waals surface area (Å²) in [6, 6.07) is 0. The Bertz CT molecular complexity index is 294. The molecule has 0 bridgehead atoms. The Morgan fingerprint density at radius 3 is 1.30 bits per heavy atom. The van der Waals surface area contributed by atoms with E-state index >= 15 is 0 Å². The zero-order valence-electron chi connectivity index (χ0n) is 16.9. The van der Waals surface area contributed by atoms with Crippen LogP contribution in [0.2, 0.25) is 0 Å². The molecule has 0 aliphatic rings. The third-order valence-corrected chi connectivity index (χ3v) is 5.11. The lowest BCUT2D eigenvalue weighted by molar-refractivity contribution is -0.192. The Balaban J connectivity index is 5.35. The molecule has 4 N–H and O–H groups in total.